The van der Waals surface area contributed by atoms with E-state index in [1.807, 2.05) is 0 Å². The highest BCUT2D eigenvalue weighted by atomic mass is 16.5. The van der Waals surface area contributed by atoms with E-state index in [4.69, 9.17) is 16.2 Å². The number of fused-ring (bicyclic) bond motifs is 5. The molecule has 0 radical (unpaired) electrons. The van der Waals surface area contributed by atoms with Crippen LogP contribution in [0.15, 0.2) is 11.6 Å². The molecule has 3 fully saturated rings. The third-order valence-corrected chi connectivity index (χ3v) is 13.5. The van der Waals surface area contributed by atoms with Crippen LogP contribution in [0.1, 0.15) is 163 Å². The second kappa shape index (κ2) is 18.6. The summed E-state index contributed by atoms with van der Waals surface area (Å²) in [4.78, 5) is 28.1. The van der Waals surface area contributed by atoms with Crippen molar-refractivity contribution in [3.63, 3.8) is 0 Å². The Balaban J connectivity index is 1.29. The Morgan fingerprint density at radius 2 is 1.60 bits per heavy atom. The lowest BCUT2D eigenvalue weighted by Crippen LogP contribution is -2.50. The summed E-state index contributed by atoms with van der Waals surface area (Å²) in [6, 6.07) is 0. The number of esters is 1. The number of carbonyl (C=O) groups excluding carboxylic acids is 2. The zero-order valence-corrected chi connectivity index (χ0v) is 31.0. The van der Waals surface area contributed by atoms with Crippen LogP contribution in [0.25, 0.3) is 0 Å². The monoisotopic (exact) mass is 656 g/mol. The average Bonchev–Trinajstić information content (AvgIpc) is 3.38. The predicted molar refractivity (Wildman–Crippen MR) is 195 cm³/mol. The van der Waals surface area contributed by atoms with Gasteiger partial charge in [-0.1, -0.05) is 84.3 Å². The number of hydrogen-bond donors (Lipinski definition) is 2. The maximum atomic E-state index is 13.3. The summed E-state index contributed by atoms with van der Waals surface area (Å²) < 4.78 is 6.15. The Morgan fingerprint density at radius 1 is 0.872 bits per heavy atom. The van der Waals surface area contributed by atoms with Crippen molar-refractivity contribution in [2.24, 2.45) is 51.9 Å². The van der Waals surface area contributed by atoms with Crippen molar-refractivity contribution in [2.45, 2.75) is 169 Å². The lowest BCUT2D eigenvalue weighted by molar-refractivity contribution is -0.156. The van der Waals surface area contributed by atoms with E-state index in [1.54, 1.807) is 10.5 Å². The minimum atomic E-state index is -0.234. The van der Waals surface area contributed by atoms with Crippen LogP contribution in [-0.4, -0.2) is 49.1 Å². The van der Waals surface area contributed by atoms with Gasteiger partial charge in [0.25, 0.3) is 0 Å². The van der Waals surface area contributed by atoms with Crippen molar-refractivity contribution in [2.75, 3.05) is 26.2 Å². The molecule has 4 N–H and O–H groups in total. The Kier molecular flexibility index (Phi) is 15.2. The summed E-state index contributed by atoms with van der Waals surface area (Å²) in [6.07, 6.45) is 26.6. The molecule has 4 aliphatic rings. The lowest BCUT2D eigenvalue weighted by Gasteiger charge is -2.58. The van der Waals surface area contributed by atoms with Crippen LogP contribution in [0, 0.1) is 40.4 Å². The van der Waals surface area contributed by atoms with Crippen LogP contribution in [-0.2, 0) is 14.3 Å². The average molecular weight is 656 g/mol. The fourth-order valence-electron chi connectivity index (χ4n) is 10.7. The molecule has 7 atom stereocenters. The first-order valence-electron chi connectivity index (χ1n) is 20.2. The molecule has 47 heavy (non-hydrogen) atoms. The summed E-state index contributed by atoms with van der Waals surface area (Å²) >= 11 is 0. The van der Waals surface area contributed by atoms with Gasteiger partial charge in [0.1, 0.15) is 12.6 Å². The van der Waals surface area contributed by atoms with Crippen LogP contribution >= 0.6 is 0 Å². The number of nitrogens with zero attached hydrogens (tertiary/aromatic N) is 1. The summed E-state index contributed by atoms with van der Waals surface area (Å²) in [7, 11) is 0. The van der Waals surface area contributed by atoms with Crippen LogP contribution < -0.4 is 11.5 Å². The van der Waals surface area contributed by atoms with Crippen molar-refractivity contribution in [3.8, 4) is 0 Å². The summed E-state index contributed by atoms with van der Waals surface area (Å²) in [5.74, 6) is 4.04. The summed E-state index contributed by atoms with van der Waals surface area (Å²) in [6.45, 7) is 12.0. The Morgan fingerprint density at radius 3 is 2.34 bits per heavy atom. The van der Waals surface area contributed by atoms with Gasteiger partial charge in [-0.2, -0.15) is 0 Å². The molecular formula is C41H73N3O3. The van der Waals surface area contributed by atoms with E-state index in [9.17, 15) is 9.59 Å². The van der Waals surface area contributed by atoms with Gasteiger partial charge in [0.2, 0.25) is 5.91 Å². The number of unbranched alkanes of at least 4 members (excludes halogenated alkanes) is 7. The standard InChI is InChI=1S/C41H73N3O3/c1-31(2)15-9-10-16-32-19-21-36-35-20-18-33-29-34(22-24-41(33,4)37(35)23-25-40(32,36)3)47-39(46)30-44(38(45)17-11-13-27-43)28-14-8-6-5-7-12-26-42/h18,31-32,34-37H,5-17,19-30,42-43H2,1-4H3/t32-,34-,35-,36-,37-,40+,41-/m0/s1. The zero-order chi connectivity index (χ0) is 33.9. The Bertz CT molecular complexity index is 1010. The molecule has 4 aliphatic carbocycles. The van der Waals surface area contributed by atoms with Crippen molar-refractivity contribution in [1.29, 1.82) is 0 Å². The quantitative estimate of drug-likeness (QED) is 0.0775. The third-order valence-electron chi connectivity index (χ3n) is 13.5. The lowest BCUT2D eigenvalue weighted by atomic mass is 9.47. The van der Waals surface area contributed by atoms with E-state index in [0.29, 0.717) is 24.9 Å². The molecule has 3 saturated carbocycles. The van der Waals surface area contributed by atoms with E-state index >= 15 is 0 Å². The minimum absolute atomic E-state index is 0.0600. The highest BCUT2D eigenvalue weighted by molar-refractivity contribution is 5.82. The molecule has 0 aromatic heterocycles. The number of rotatable bonds is 20. The van der Waals surface area contributed by atoms with Gasteiger partial charge in [0, 0.05) is 19.4 Å². The van der Waals surface area contributed by atoms with Gasteiger partial charge in [-0.15, -0.1) is 0 Å². The number of allylic oxidation sites excluding steroid dienone is 1. The molecule has 0 bridgehead atoms. The van der Waals surface area contributed by atoms with Crippen molar-refractivity contribution >= 4 is 11.9 Å². The van der Waals surface area contributed by atoms with Crippen LogP contribution in [0.3, 0.4) is 0 Å². The molecule has 0 spiro atoms. The van der Waals surface area contributed by atoms with Gasteiger partial charge >= 0.3 is 5.97 Å². The second-order valence-electron chi connectivity index (χ2n) is 17.1. The summed E-state index contributed by atoms with van der Waals surface area (Å²) in [5.41, 5.74) is 13.6. The van der Waals surface area contributed by atoms with Crippen molar-refractivity contribution < 1.29 is 14.3 Å². The first-order chi connectivity index (χ1) is 22.6. The minimum Gasteiger partial charge on any atom is -0.461 e. The van der Waals surface area contributed by atoms with E-state index in [2.05, 4.69) is 33.8 Å². The first kappa shape index (κ1) is 38.4. The van der Waals surface area contributed by atoms with E-state index < -0.39 is 0 Å². The number of ether oxygens (including phenoxy) is 1. The van der Waals surface area contributed by atoms with Crippen LogP contribution in [0.5, 0.6) is 0 Å². The summed E-state index contributed by atoms with van der Waals surface area (Å²) in [5, 5.41) is 0. The van der Waals surface area contributed by atoms with Crippen LogP contribution in [0.4, 0.5) is 0 Å². The number of hydrogen-bond acceptors (Lipinski definition) is 5. The first-order valence-corrected chi connectivity index (χ1v) is 20.2. The Labute approximate surface area is 289 Å². The molecular weight excluding hydrogens is 582 g/mol. The topological polar surface area (TPSA) is 98.6 Å². The fourth-order valence-corrected chi connectivity index (χ4v) is 10.7. The molecule has 0 aromatic rings. The number of amides is 1. The van der Waals surface area contributed by atoms with E-state index in [-0.39, 0.29) is 29.9 Å². The molecule has 0 aliphatic heterocycles. The van der Waals surface area contributed by atoms with Gasteiger partial charge in [-0.25, -0.2) is 0 Å². The number of carbonyl (C=O) groups is 2. The molecule has 0 unspecified atom stereocenters. The maximum absolute atomic E-state index is 13.3. The van der Waals surface area contributed by atoms with Crippen molar-refractivity contribution in [1.82, 2.24) is 4.90 Å². The van der Waals surface area contributed by atoms with Crippen molar-refractivity contribution in [3.05, 3.63) is 11.6 Å². The van der Waals surface area contributed by atoms with Gasteiger partial charge in [-0.3, -0.25) is 9.59 Å². The fraction of sp³-hybridized carbons (Fsp3) is 0.902. The van der Waals surface area contributed by atoms with E-state index in [0.717, 1.165) is 93.9 Å². The molecule has 4 rings (SSSR count). The normalized spacial score (nSPS) is 31.6. The maximum Gasteiger partial charge on any atom is 0.325 e. The molecule has 270 valence electrons. The SMILES string of the molecule is CC(C)CCCC[C@H]1CC[C@H]2[C@@H]3CC=C4C[C@@H](OC(=O)CN(CCCCCCCCN)C(=O)CCCCN)CC[C@]4(C)[C@H]3CC[C@]12C. The molecule has 0 saturated heterocycles. The second-order valence-corrected chi connectivity index (χ2v) is 17.1. The van der Waals surface area contributed by atoms with E-state index in [1.165, 1.54) is 70.6 Å². The van der Waals surface area contributed by atoms with Gasteiger partial charge in [0.15, 0.2) is 0 Å². The molecule has 6 nitrogen and oxygen atoms in total. The third kappa shape index (κ3) is 10.1. The van der Waals surface area contributed by atoms with Gasteiger partial charge in [-0.05, 0) is 131 Å². The molecule has 0 aromatic carbocycles. The van der Waals surface area contributed by atoms with Crippen LogP contribution in [0.2, 0.25) is 0 Å². The highest BCUT2D eigenvalue weighted by Crippen LogP contribution is 2.66. The Hall–Kier alpha value is -1.40. The predicted octanol–water partition coefficient (Wildman–Crippen LogP) is 8.95. The molecule has 6 heteroatoms. The van der Waals surface area contributed by atoms with Gasteiger partial charge < -0.3 is 21.1 Å². The molecule has 0 heterocycles. The highest BCUT2D eigenvalue weighted by Gasteiger charge is 2.58. The van der Waals surface area contributed by atoms with Gasteiger partial charge in [0.05, 0.1) is 0 Å². The smallest absolute Gasteiger partial charge is 0.325 e. The zero-order valence-electron chi connectivity index (χ0n) is 31.0. The molecule has 1 amide bonds. The number of nitrogens with two attached hydrogens (primary N) is 2. The largest absolute Gasteiger partial charge is 0.461 e.